The molecule has 19 heavy (non-hydrogen) atoms. The normalized spacial score (nSPS) is 12.1. The first-order valence-corrected chi connectivity index (χ1v) is 6.69. The molecule has 1 atom stereocenters. The van der Waals surface area contributed by atoms with E-state index >= 15 is 0 Å². The molecule has 5 nitrogen and oxygen atoms in total. The van der Waals surface area contributed by atoms with Crippen LogP contribution in [0.15, 0.2) is 29.7 Å². The fraction of sp³-hybridized carbons (Fsp3) is 0.462. The Hall–Kier alpha value is -1.21. The summed E-state index contributed by atoms with van der Waals surface area (Å²) in [6, 6.07) is 3.53. The standard InChI is InChI=1S/C13H18O5S/c1-10(12(14)11-4-3-9-19-11)13(15)18-8-7-17-6-5-16-2/h3-4,9,12,14H,1,5-8H2,2H3. The third-order valence-corrected chi connectivity index (χ3v) is 3.22. The minimum atomic E-state index is -1.01. The first kappa shape index (κ1) is 15.8. The highest BCUT2D eigenvalue weighted by molar-refractivity contribution is 7.10. The SMILES string of the molecule is C=C(C(=O)OCCOCCOC)C(O)c1cccs1. The second kappa shape index (κ2) is 8.82. The van der Waals surface area contributed by atoms with E-state index in [-0.39, 0.29) is 18.8 Å². The first-order valence-electron chi connectivity index (χ1n) is 5.81. The van der Waals surface area contributed by atoms with Crippen LogP contribution in [-0.2, 0) is 19.0 Å². The molecule has 0 saturated heterocycles. The lowest BCUT2D eigenvalue weighted by molar-refractivity contribution is -0.141. The molecule has 1 unspecified atom stereocenters. The number of hydrogen-bond acceptors (Lipinski definition) is 6. The van der Waals surface area contributed by atoms with Crippen LogP contribution in [-0.4, -0.2) is 44.6 Å². The van der Waals surface area contributed by atoms with Gasteiger partial charge < -0.3 is 19.3 Å². The maximum atomic E-state index is 11.6. The summed E-state index contributed by atoms with van der Waals surface area (Å²) in [4.78, 5) is 12.3. The van der Waals surface area contributed by atoms with Gasteiger partial charge in [0.25, 0.3) is 0 Å². The monoisotopic (exact) mass is 286 g/mol. The maximum absolute atomic E-state index is 11.6. The Morgan fingerprint density at radius 1 is 1.42 bits per heavy atom. The third kappa shape index (κ3) is 5.52. The van der Waals surface area contributed by atoms with Gasteiger partial charge in [-0.15, -0.1) is 11.3 Å². The summed E-state index contributed by atoms with van der Waals surface area (Å²) >= 11 is 1.36. The lowest BCUT2D eigenvalue weighted by Gasteiger charge is -2.11. The zero-order chi connectivity index (χ0) is 14.1. The van der Waals surface area contributed by atoms with Gasteiger partial charge in [-0.25, -0.2) is 4.79 Å². The van der Waals surface area contributed by atoms with Crippen LogP contribution in [0.1, 0.15) is 11.0 Å². The van der Waals surface area contributed by atoms with Gasteiger partial charge in [-0.1, -0.05) is 12.6 Å². The Morgan fingerprint density at radius 2 is 2.16 bits per heavy atom. The molecule has 0 radical (unpaired) electrons. The van der Waals surface area contributed by atoms with E-state index in [1.54, 1.807) is 19.2 Å². The van der Waals surface area contributed by atoms with Gasteiger partial charge in [0.05, 0.1) is 25.4 Å². The van der Waals surface area contributed by atoms with Crippen LogP contribution in [0.3, 0.4) is 0 Å². The van der Waals surface area contributed by atoms with Gasteiger partial charge >= 0.3 is 5.97 Å². The van der Waals surface area contributed by atoms with Gasteiger partial charge in [0.1, 0.15) is 12.7 Å². The molecule has 0 bridgehead atoms. The number of aliphatic hydroxyl groups excluding tert-OH is 1. The molecule has 0 spiro atoms. The van der Waals surface area contributed by atoms with Crippen molar-refractivity contribution in [2.45, 2.75) is 6.10 Å². The van der Waals surface area contributed by atoms with E-state index in [4.69, 9.17) is 14.2 Å². The van der Waals surface area contributed by atoms with E-state index in [9.17, 15) is 9.90 Å². The van der Waals surface area contributed by atoms with Crippen LogP contribution in [0.4, 0.5) is 0 Å². The number of aliphatic hydroxyl groups is 1. The van der Waals surface area contributed by atoms with Crippen molar-refractivity contribution < 1.29 is 24.1 Å². The summed E-state index contributed by atoms with van der Waals surface area (Å²) in [7, 11) is 1.58. The predicted octanol–water partition coefficient (Wildman–Crippen LogP) is 1.54. The second-order valence-electron chi connectivity index (χ2n) is 3.68. The highest BCUT2D eigenvalue weighted by Crippen LogP contribution is 2.25. The van der Waals surface area contributed by atoms with Crippen molar-refractivity contribution in [2.75, 3.05) is 33.5 Å². The first-order chi connectivity index (χ1) is 9.16. The smallest absolute Gasteiger partial charge is 0.336 e. The van der Waals surface area contributed by atoms with Crippen molar-refractivity contribution >= 4 is 17.3 Å². The van der Waals surface area contributed by atoms with Crippen LogP contribution in [0.5, 0.6) is 0 Å². The van der Waals surface area contributed by atoms with Crippen molar-refractivity contribution in [3.63, 3.8) is 0 Å². The molecule has 0 aliphatic heterocycles. The molecule has 0 amide bonds. The lowest BCUT2D eigenvalue weighted by atomic mass is 10.1. The van der Waals surface area contributed by atoms with Gasteiger partial charge in [0.2, 0.25) is 0 Å². The largest absolute Gasteiger partial charge is 0.460 e. The molecular formula is C13H18O5S. The number of thiophene rings is 1. The molecule has 0 aliphatic carbocycles. The Bertz CT molecular complexity index is 388. The zero-order valence-corrected chi connectivity index (χ0v) is 11.6. The van der Waals surface area contributed by atoms with Gasteiger partial charge in [-0.3, -0.25) is 0 Å². The van der Waals surface area contributed by atoms with Crippen LogP contribution in [0, 0.1) is 0 Å². The highest BCUT2D eigenvalue weighted by Gasteiger charge is 2.20. The second-order valence-corrected chi connectivity index (χ2v) is 4.66. The molecule has 1 rings (SSSR count). The van der Waals surface area contributed by atoms with Crippen molar-refractivity contribution in [3.8, 4) is 0 Å². The Kier molecular flexibility index (Phi) is 7.35. The van der Waals surface area contributed by atoms with Gasteiger partial charge in [-0.05, 0) is 11.4 Å². The molecule has 0 aromatic carbocycles. The van der Waals surface area contributed by atoms with Crippen LogP contribution < -0.4 is 0 Å². The summed E-state index contributed by atoms with van der Waals surface area (Å²) in [6.45, 7) is 4.92. The number of methoxy groups -OCH3 is 1. The van der Waals surface area contributed by atoms with E-state index < -0.39 is 12.1 Å². The summed E-state index contributed by atoms with van der Waals surface area (Å²) < 4.78 is 14.9. The van der Waals surface area contributed by atoms with Crippen molar-refractivity contribution in [3.05, 3.63) is 34.5 Å². The lowest BCUT2D eigenvalue weighted by Crippen LogP contribution is -2.16. The van der Waals surface area contributed by atoms with E-state index in [0.717, 1.165) is 0 Å². The van der Waals surface area contributed by atoms with E-state index in [1.165, 1.54) is 11.3 Å². The molecule has 1 aromatic rings. The van der Waals surface area contributed by atoms with E-state index in [2.05, 4.69) is 6.58 Å². The van der Waals surface area contributed by atoms with Gasteiger partial charge in [0, 0.05) is 12.0 Å². The number of rotatable bonds is 9. The molecule has 1 heterocycles. The van der Waals surface area contributed by atoms with Gasteiger partial charge in [0.15, 0.2) is 0 Å². The quantitative estimate of drug-likeness (QED) is 0.424. The fourth-order valence-electron chi connectivity index (χ4n) is 1.26. The number of esters is 1. The average Bonchev–Trinajstić information content (AvgIpc) is 2.94. The van der Waals surface area contributed by atoms with E-state index in [1.807, 2.05) is 5.38 Å². The molecule has 0 saturated carbocycles. The average molecular weight is 286 g/mol. The van der Waals surface area contributed by atoms with Crippen molar-refractivity contribution in [1.29, 1.82) is 0 Å². The van der Waals surface area contributed by atoms with Crippen LogP contribution in [0.25, 0.3) is 0 Å². The third-order valence-electron chi connectivity index (χ3n) is 2.30. The fourth-order valence-corrected chi connectivity index (χ4v) is 2.00. The summed E-state index contributed by atoms with van der Waals surface area (Å²) in [6.07, 6.45) is -1.01. The number of carbonyl (C=O) groups excluding carboxylic acids is 1. The van der Waals surface area contributed by atoms with Crippen LogP contribution >= 0.6 is 11.3 Å². The summed E-state index contributed by atoms with van der Waals surface area (Å²) in [5.74, 6) is -0.615. The minimum absolute atomic E-state index is 0.0272. The Morgan fingerprint density at radius 3 is 2.79 bits per heavy atom. The maximum Gasteiger partial charge on any atom is 0.336 e. The Balaban J connectivity index is 2.24. The van der Waals surface area contributed by atoms with E-state index in [0.29, 0.717) is 18.1 Å². The number of ether oxygens (including phenoxy) is 3. The molecular weight excluding hydrogens is 268 g/mol. The highest BCUT2D eigenvalue weighted by atomic mass is 32.1. The number of carbonyl (C=O) groups is 1. The molecule has 0 fully saturated rings. The molecule has 0 aliphatic rings. The predicted molar refractivity (Wildman–Crippen MR) is 72.1 cm³/mol. The summed E-state index contributed by atoms with van der Waals surface area (Å²) in [5.41, 5.74) is 0.0272. The van der Waals surface area contributed by atoms with Crippen molar-refractivity contribution in [1.82, 2.24) is 0 Å². The topological polar surface area (TPSA) is 65.0 Å². The van der Waals surface area contributed by atoms with Crippen LogP contribution in [0.2, 0.25) is 0 Å². The Labute approximate surface area is 116 Å². The molecule has 1 N–H and O–H groups in total. The summed E-state index contributed by atoms with van der Waals surface area (Å²) in [5, 5.41) is 11.7. The van der Waals surface area contributed by atoms with Gasteiger partial charge in [-0.2, -0.15) is 0 Å². The number of hydrogen-bond donors (Lipinski definition) is 1. The molecule has 6 heteroatoms. The molecule has 1 aromatic heterocycles. The zero-order valence-electron chi connectivity index (χ0n) is 10.8. The molecule has 106 valence electrons. The minimum Gasteiger partial charge on any atom is -0.460 e. The van der Waals surface area contributed by atoms with Crippen molar-refractivity contribution in [2.24, 2.45) is 0 Å².